The van der Waals surface area contributed by atoms with E-state index in [1.54, 1.807) is 0 Å². The van der Waals surface area contributed by atoms with Gasteiger partial charge in [-0.3, -0.25) is 9.59 Å². The first-order valence-corrected chi connectivity index (χ1v) is 5.75. The van der Waals surface area contributed by atoms with E-state index in [1.165, 1.54) is 0 Å². The number of hydrogen-bond acceptors (Lipinski definition) is 3. The van der Waals surface area contributed by atoms with Crippen LogP contribution in [0.2, 0.25) is 0 Å². The van der Waals surface area contributed by atoms with Gasteiger partial charge >= 0.3 is 0 Å². The first-order valence-electron chi connectivity index (χ1n) is 5.35. The van der Waals surface area contributed by atoms with Crippen molar-refractivity contribution in [1.29, 1.82) is 0 Å². The zero-order chi connectivity index (χ0) is 12.2. The first kappa shape index (κ1) is 12.8. The molecule has 88 valence electrons. The Labute approximate surface area is 100 Å². The quantitative estimate of drug-likeness (QED) is 0.442. The highest BCUT2D eigenvalue weighted by Gasteiger charge is 2.47. The van der Waals surface area contributed by atoms with Gasteiger partial charge in [0.25, 0.3) is 0 Å². The molecule has 2 amide bonds. The van der Waals surface area contributed by atoms with Crippen LogP contribution in [0.3, 0.4) is 0 Å². The molecule has 0 unspecified atom stereocenters. The smallest absolute Gasteiger partial charge is 0.242 e. The van der Waals surface area contributed by atoms with Crippen molar-refractivity contribution in [3.8, 4) is 0 Å². The Morgan fingerprint density at radius 1 is 1.31 bits per heavy atom. The molecule has 1 aliphatic rings. The Bertz CT molecular complexity index is 330. The summed E-state index contributed by atoms with van der Waals surface area (Å²) < 4.78 is 0. The summed E-state index contributed by atoms with van der Waals surface area (Å²) in [4.78, 5) is 23.9. The highest BCUT2D eigenvalue weighted by Crippen LogP contribution is 2.31. The van der Waals surface area contributed by atoms with Crippen LogP contribution in [-0.4, -0.2) is 16.9 Å². The number of rotatable bonds is 4. The first-order chi connectivity index (χ1) is 7.56. The molecule has 0 radical (unpaired) electrons. The van der Waals surface area contributed by atoms with Crippen molar-refractivity contribution in [2.24, 2.45) is 5.41 Å². The molecule has 1 aliphatic heterocycles. The fourth-order valence-corrected chi connectivity index (χ4v) is 2.03. The highest BCUT2D eigenvalue weighted by molar-refractivity contribution is 7.80. The third-order valence-corrected chi connectivity index (χ3v) is 2.91. The van der Waals surface area contributed by atoms with E-state index in [0.717, 1.165) is 6.42 Å². The number of carbonyl (C=O) groups is 2. The van der Waals surface area contributed by atoms with Crippen molar-refractivity contribution in [3.05, 3.63) is 12.2 Å². The van der Waals surface area contributed by atoms with Crippen molar-refractivity contribution < 1.29 is 9.59 Å². The molecule has 0 aromatic heterocycles. The van der Waals surface area contributed by atoms with Crippen molar-refractivity contribution >= 4 is 29.1 Å². The van der Waals surface area contributed by atoms with Gasteiger partial charge in [-0.25, -0.2) is 0 Å². The molecule has 16 heavy (non-hydrogen) atoms. The predicted octanol–water partition coefficient (Wildman–Crippen LogP) is 1.27. The molecule has 0 saturated carbocycles. The molecule has 1 fully saturated rings. The molecule has 0 aromatic rings. The average Bonchev–Trinajstić information content (AvgIpc) is 2.22. The third-order valence-electron chi connectivity index (χ3n) is 2.70. The summed E-state index contributed by atoms with van der Waals surface area (Å²) in [6, 6.07) is 0. The second-order valence-corrected chi connectivity index (χ2v) is 4.25. The number of allylic oxidation sites excluding steroid dienone is 2. The minimum Gasteiger partial charge on any atom is -0.302 e. The maximum Gasteiger partial charge on any atom is 0.242 e. The maximum atomic E-state index is 11.9. The van der Waals surface area contributed by atoms with Crippen molar-refractivity contribution in [2.45, 2.75) is 33.1 Å². The van der Waals surface area contributed by atoms with E-state index < -0.39 is 5.41 Å². The molecule has 0 aliphatic carbocycles. The lowest BCUT2D eigenvalue weighted by Crippen LogP contribution is -2.62. The summed E-state index contributed by atoms with van der Waals surface area (Å²) in [7, 11) is 0. The van der Waals surface area contributed by atoms with Crippen LogP contribution >= 0.6 is 12.2 Å². The van der Waals surface area contributed by atoms with Gasteiger partial charge < -0.3 is 10.6 Å². The number of thiocarbonyl (C=S) groups is 1. The van der Waals surface area contributed by atoms with Gasteiger partial charge in [-0.15, -0.1) is 0 Å². The average molecular weight is 240 g/mol. The number of nitrogens with one attached hydrogen (secondary N) is 2. The molecule has 2 N–H and O–H groups in total. The lowest BCUT2D eigenvalue weighted by Gasteiger charge is -2.34. The van der Waals surface area contributed by atoms with Gasteiger partial charge in [-0.2, -0.15) is 0 Å². The Morgan fingerprint density at radius 2 is 1.88 bits per heavy atom. The van der Waals surface area contributed by atoms with Crippen molar-refractivity contribution in [3.63, 3.8) is 0 Å². The van der Waals surface area contributed by atoms with E-state index in [9.17, 15) is 9.59 Å². The van der Waals surface area contributed by atoms with Crippen LogP contribution in [0.25, 0.3) is 0 Å². The van der Waals surface area contributed by atoms with Crippen LogP contribution in [0.4, 0.5) is 0 Å². The van der Waals surface area contributed by atoms with E-state index in [2.05, 4.69) is 10.6 Å². The molecule has 0 atom stereocenters. The Kier molecular flexibility index (Phi) is 4.18. The van der Waals surface area contributed by atoms with Crippen LogP contribution in [0.5, 0.6) is 0 Å². The normalized spacial score (nSPS) is 19.8. The predicted molar refractivity (Wildman–Crippen MR) is 65.7 cm³/mol. The standard InChI is InChI=1S/C11H16N2O2S/c1-3-5-7-11(6-4-2)8(14)12-10(16)13-9(11)15/h3,5H,4,6-7H2,1-2H3,(H2,12,13,14,15,16). The molecule has 0 bridgehead atoms. The van der Waals surface area contributed by atoms with Crippen LogP contribution in [0, 0.1) is 5.41 Å². The summed E-state index contributed by atoms with van der Waals surface area (Å²) in [6.45, 7) is 3.81. The summed E-state index contributed by atoms with van der Waals surface area (Å²) in [6.07, 6.45) is 5.38. The second kappa shape index (κ2) is 5.21. The highest BCUT2D eigenvalue weighted by atomic mass is 32.1. The molecule has 1 heterocycles. The van der Waals surface area contributed by atoms with Gasteiger partial charge in [-0.05, 0) is 32.0 Å². The Morgan fingerprint density at radius 3 is 2.31 bits per heavy atom. The molecule has 4 nitrogen and oxygen atoms in total. The molecular weight excluding hydrogens is 224 g/mol. The molecule has 0 aromatic carbocycles. The topological polar surface area (TPSA) is 58.2 Å². The van der Waals surface area contributed by atoms with Crippen LogP contribution < -0.4 is 10.6 Å². The monoisotopic (exact) mass is 240 g/mol. The van der Waals surface area contributed by atoms with E-state index >= 15 is 0 Å². The summed E-state index contributed by atoms with van der Waals surface area (Å²) in [5.74, 6) is -0.581. The number of amides is 2. The Hall–Kier alpha value is -1.23. The third kappa shape index (κ3) is 2.29. The minimum absolute atomic E-state index is 0.0993. The number of carbonyl (C=O) groups excluding carboxylic acids is 2. The van der Waals surface area contributed by atoms with E-state index in [1.807, 2.05) is 26.0 Å². The van der Waals surface area contributed by atoms with Crippen molar-refractivity contribution in [1.82, 2.24) is 10.6 Å². The molecule has 5 heteroatoms. The molecule has 1 rings (SSSR count). The van der Waals surface area contributed by atoms with Gasteiger partial charge in [0.2, 0.25) is 11.8 Å². The summed E-state index contributed by atoms with van der Waals surface area (Å²) in [5.41, 5.74) is -0.996. The summed E-state index contributed by atoms with van der Waals surface area (Å²) in [5, 5.41) is 5.14. The molecule has 1 saturated heterocycles. The van der Waals surface area contributed by atoms with Gasteiger partial charge in [-0.1, -0.05) is 25.5 Å². The van der Waals surface area contributed by atoms with Crippen LogP contribution in [-0.2, 0) is 9.59 Å². The van der Waals surface area contributed by atoms with Crippen molar-refractivity contribution in [2.75, 3.05) is 0 Å². The minimum atomic E-state index is -0.996. The Balaban J connectivity index is 3.01. The fourth-order valence-electron chi connectivity index (χ4n) is 1.84. The molecular formula is C11H16N2O2S. The van der Waals surface area contributed by atoms with Gasteiger partial charge in [0.15, 0.2) is 5.11 Å². The second-order valence-electron chi connectivity index (χ2n) is 3.84. The SMILES string of the molecule is CC=CCC1(CCC)C(=O)NC(=S)NC1=O. The van der Waals surface area contributed by atoms with E-state index in [4.69, 9.17) is 12.2 Å². The zero-order valence-corrected chi connectivity index (χ0v) is 10.3. The number of hydrogen-bond donors (Lipinski definition) is 2. The largest absolute Gasteiger partial charge is 0.302 e. The van der Waals surface area contributed by atoms with E-state index in [0.29, 0.717) is 12.8 Å². The molecule has 0 spiro atoms. The van der Waals surface area contributed by atoms with Crippen LogP contribution in [0.15, 0.2) is 12.2 Å². The lowest BCUT2D eigenvalue weighted by atomic mass is 9.77. The fraction of sp³-hybridized carbons (Fsp3) is 0.545. The lowest BCUT2D eigenvalue weighted by molar-refractivity contribution is -0.144. The zero-order valence-electron chi connectivity index (χ0n) is 9.50. The van der Waals surface area contributed by atoms with Crippen LogP contribution in [0.1, 0.15) is 33.1 Å². The van der Waals surface area contributed by atoms with Gasteiger partial charge in [0.1, 0.15) is 5.41 Å². The van der Waals surface area contributed by atoms with Gasteiger partial charge in [0.05, 0.1) is 0 Å². The summed E-state index contributed by atoms with van der Waals surface area (Å²) >= 11 is 4.78. The van der Waals surface area contributed by atoms with E-state index in [-0.39, 0.29) is 16.9 Å². The van der Waals surface area contributed by atoms with Gasteiger partial charge in [0, 0.05) is 0 Å². The maximum absolute atomic E-state index is 11.9.